The maximum absolute atomic E-state index is 12.6. The van der Waals surface area contributed by atoms with E-state index in [1.54, 1.807) is 56.4 Å². The van der Waals surface area contributed by atoms with Crippen molar-refractivity contribution in [1.82, 2.24) is 4.98 Å². The van der Waals surface area contributed by atoms with Crippen molar-refractivity contribution in [2.24, 2.45) is 10.9 Å². The minimum atomic E-state index is -0.650. The van der Waals surface area contributed by atoms with Crippen LogP contribution in [0, 0.1) is 5.92 Å². The third-order valence-electron chi connectivity index (χ3n) is 4.02. The van der Waals surface area contributed by atoms with E-state index in [-0.39, 0.29) is 17.1 Å². The molecule has 3 rings (SSSR count). The van der Waals surface area contributed by atoms with Crippen LogP contribution in [-0.2, 0) is 4.79 Å². The van der Waals surface area contributed by atoms with Crippen LogP contribution in [0.5, 0.6) is 11.5 Å². The fraction of sp³-hybridized carbons (Fsp3) is 0.130. The zero-order valence-electron chi connectivity index (χ0n) is 17.0. The van der Waals surface area contributed by atoms with Gasteiger partial charge in [-0.3, -0.25) is 14.8 Å². The Morgan fingerprint density at radius 3 is 2.44 bits per heavy atom. The smallest absolute Gasteiger partial charge is 0.345 e. The molecule has 3 aromatic rings. The zero-order valence-corrected chi connectivity index (χ0v) is 20.1. The zero-order chi connectivity index (χ0) is 23.3. The van der Waals surface area contributed by atoms with Crippen LogP contribution in [0.1, 0.15) is 29.8 Å². The van der Waals surface area contributed by atoms with E-state index in [1.807, 2.05) is 0 Å². The molecule has 9 heteroatoms. The summed E-state index contributed by atoms with van der Waals surface area (Å²) < 4.78 is 11.7. The standard InChI is InChI=1S/C23H17BrCl2N2O4/c1-13(2)22(29)32-21-15(12-28-19-9-17(25)8-18(26)10-19)6-16(24)7-20(21)31-23(30)14-4-3-5-27-11-14/h3-13H,1-2H3. The lowest BCUT2D eigenvalue weighted by molar-refractivity contribution is -0.137. The first-order valence-corrected chi connectivity index (χ1v) is 11.0. The first kappa shape index (κ1) is 23.9. The van der Waals surface area contributed by atoms with Crippen LogP contribution in [-0.4, -0.2) is 23.1 Å². The van der Waals surface area contributed by atoms with Gasteiger partial charge in [0.05, 0.1) is 17.2 Å². The Morgan fingerprint density at radius 1 is 1.09 bits per heavy atom. The van der Waals surface area contributed by atoms with Gasteiger partial charge in [-0.2, -0.15) is 0 Å². The molecule has 0 aliphatic rings. The average molecular weight is 536 g/mol. The molecule has 0 radical (unpaired) electrons. The fourth-order valence-electron chi connectivity index (χ4n) is 2.49. The SMILES string of the molecule is CC(C)C(=O)Oc1c(C=Nc2cc(Cl)cc(Cl)c2)cc(Br)cc1OC(=O)c1cccnc1. The van der Waals surface area contributed by atoms with E-state index in [1.165, 1.54) is 18.5 Å². The van der Waals surface area contributed by atoms with Crippen molar-refractivity contribution < 1.29 is 19.1 Å². The summed E-state index contributed by atoms with van der Waals surface area (Å²) in [5.41, 5.74) is 1.15. The average Bonchev–Trinajstić information content (AvgIpc) is 2.74. The Labute approximate surface area is 203 Å². The van der Waals surface area contributed by atoms with Crippen molar-refractivity contribution in [2.45, 2.75) is 13.8 Å². The monoisotopic (exact) mass is 534 g/mol. The number of carbonyl (C=O) groups excluding carboxylic acids is 2. The van der Waals surface area contributed by atoms with Gasteiger partial charge >= 0.3 is 11.9 Å². The minimum Gasteiger partial charge on any atom is -0.422 e. The number of pyridine rings is 1. The molecule has 0 saturated heterocycles. The van der Waals surface area contributed by atoms with Gasteiger partial charge in [-0.1, -0.05) is 53.0 Å². The molecule has 164 valence electrons. The van der Waals surface area contributed by atoms with E-state index in [0.717, 1.165) is 0 Å². The van der Waals surface area contributed by atoms with Gasteiger partial charge < -0.3 is 9.47 Å². The van der Waals surface area contributed by atoms with Crippen molar-refractivity contribution in [3.05, 3.63) is 80.5 Å². The summed E-state index contributed by atoms with van der Waals surface area (Å²) in [5.74, 6) is -1.44. The summed E-state index contributed by atoms with van der Waals surface area (Å²) in [5, 5.41) is 0.855. The molecule has 0 aliphatic heterocycles. The highest BCUT2D eigenvalue weighted by Crippen LogP contribution is 2.36. The molecule has 32 heavy (non-hydrogen) atoms. The Balaban J connectivity index is 2.04. The number of aromatic nitrogens is 1. The van der Waals surface area contributed by atoms with Gasteiger partial charge in [0.2, 0.25) is 0 Å². The van der Waals surface area contributed by atoms with Crippen molar-refractivity contribution in [2.75, 3.05) is 0 Å². The number of hydrogen-bond donors (Lipinski definition) is 0. The molecular weight excluding hydrogens is 519 g/mol. The fourth-order valence-corrected chi connectivity index (χ4v) is 3.46. The Hall–Kier alpha value is -2.74. The van der Waals surface area contributed by atoms with Gasteiger partial charge in [-0.05, 0) is 42.5 Å². The predicted octanol–water partition coefficient (Wildman–Crippen LogP) is 6.68. The third-order valence-corrected chi connectivity index (χ3v) is 4.92. The molecule has 0 aliphatic carbocycles. The van der Waals surface area contributed by atoms with Crippen LogP contribution in [0.3, 0.4) is 0 Å². The second kappa shape index (κ2) is 10.7. The van der Waals surface area contributed by atoms with E-state index in [2.05, 4.69) is 25.9 Å². The topological polar surface area (TPSA) is 77.9 Å². The largest absolute Gasteiger partial charge is 0.422 e. The third kappa shape index (κ3) is 6.38. The van der Waals surface area contributed by atoms with Crippen LogP contribution < -0.4 is 9.47 Å². The number of ether oxygens (including phenoxy) is 2. The number of aliphatic imine (C=N–C) groups is 1. The summed E-state index contributed by atoms with van der Waals surface area (Å²) >= 11 is 15.5. The molecule has 2 aromatic carbocycles. The molecule has 1 aromatic heterocycles. The highest BCUT2D eigenvalue weighted by Gasteiger charge is 2.21. The molecule has 0 fully saturated rings. The van der Waals surface area contributed by atoms with Gasteiger partial charge in [0.15, 0.2) is 11.5 Å². The number of hydrogen-bond acceptors (Lipinski definition) is 6. The van der Waals surface area contributed by atoms with Gasteiger partial charge in [0.1, 0.15) is 0 Å². The van der Waals surface area contributed by atoms with Crippen LogP contribution >= 0.6 is 39.1 Å². The second-order valence-corrected chi connectivity index (χ2v) is 8.70. The molecule has 0 amide bonds. The summed E-state index contributed by atoms with van der Waals surface area (Å²) in [4.78, 5) is 33.2. The maximum atomic E-state index is 12.6. The molecule has 1 heterocycles. The first-order valence-electron chi connectivity index (χ1n) is 9.40. The van der Waals surface area contributed by atoms with E-state index in [9.17, 15) is 9.59 Å². The molecular formula is C23H17BrCl2N2O4. The van der Waals surface area contributed by atoms with Crippen LogP contribution in [0.25, 0.3) is 0 Å². The van der Waals surface area contributed by atoms with Crippen LogP contribution in [0.4, 0.5) is 5.69 Å². The van der Waals surface area contributed by atoms with E-state index < -0.39 is 17.9 Å². The molecule has 0 N–H and O–H groups in total. The maximum Gasteiger partial charge on any atom is 0.345 e. The Kier molecular flexibility index (Phi) is 8.01. The lowest BCUT2D eigenvalue weighted by atomic mass is 10.2. The summed E-state index contributed by atoms with van der Waals surface area (Å²) in [6.45, 7) is 3.40. The van der Waals surface area contributed by atoms with Crippen molar-refractivity contribution >= 4 is 63.0 Å². The second-order valence-electron chi connectivity index (χ2n) is 6.92. The van der Waals surface area contributed by atoms with Crippen LogP contribution in [0.2, 0.25) is 10.0 Å². The van der Waals surface area contributed by atoms with Crippen LogP contribution in [0.15, 0.2) is 64.3 Å². The molecule has 0 spiro atoms. The van der Waals surface area contributed by atoms with Crippen molar-refractivity contribution in [3.63, 3.8) is 0 Å². The molecule has 0 unspecified atom stereocenters. The van der Waals surface area contributed by atoms with E-state index in [4.69, 9.17) is 32.7 Å². The Bertz CT molecular complexity index is 1160. The molecule has 0 bridgehead atoms. The number of carbonyl (C=O) groups is 2. The highest BCUT2D eigenvalue weighted by molar-refractivity contribution is 9.10. The highest BCUT2D eigenvalue weighted by atomic mass is 79.9. The van der Waals surface area contributed by atoms with Gasteiger partial charge in [0, 0.05) is 38.7 Å². The van der Waals surface area contributed by atoms with Crippen molar-refractivity contribution in [1.29, 1.82) is 0 Å². The molecule has 6 nitrogen and oxygen atoms in total. The quantitative estimate of drug-likeness (QED) is 0.200. The minimum absolute atomic E-state index is 0.0489. The summed E-state index contributed by atoms with van der Waals surface area (Å²) in [6, 6.07) is 11.2. The Morgan fingerprint density at radius 2 is 1.81 bits per heavy atom. The number of rotatable bonds is 6. The molecule has 0 saturated carbocycles. The predicted molar refractivity (Wildman–Crippen MR) is 128 cm³/mol. The number of esters is 2. The molecule has 0 atom stereocenters. The number of benzene rings is 2. The van der Waals surface area contributed by atoms with Gasteiger partial charge in [0.25, 0.3) is 0 Å². The van der Waals surface area contributed by atoms with E-state index >= 15 is 0 Å². The first-order chi connectivity index (χ1) is 15.2. The van der Waals surface area contributed by atoms with Gasteiger partial charge in [-0.25, -0.2) is 4.79 Å². The van der Waals surface area contributed by atoms with E-state index in [0.29, 0.717) is 25.8 Å². The lowest BCUT2D eigenvalue weighted by Gasteiger charge is -2.15. The summed E-state index contributed by atoms with van der Waals surface area (Å²) in [7, 11) is 0. The lowest BCUT2D eigenvalue weighted by Crippen LogP contribution is -2.17. The number of halogens is 3. The van der Waals surface area contributed by atoms with Gasteiger partial charge in [-0.15, -0.1) is 0 Å². The normalized spacial score (nSPS) is 11.1. The van der Waals surface area contributed by atoms with Crippen molar-refractivity contribution in [3.8, 4) is 11.5 Å². The number of nitrogens with zero attached hydrogens (tertiary/aromatic N) is 2. The summed E-state index contributed by atoms with van der Waals surface area (Å²) in [6.07, 6.45) is 4.39.